The van der Waals surface area contributed by atoms with Crippen molar-refractivity contribution in [2.75, 3.05) is 17.7 Å². The molecule has 0 radical (unpaired) electrons. The first-order valence-corrected chi connectivity index (χ1v) is 9.00. The number of hydrogen-bond acceptors (Lipinski definition) is 6. The number of hydrogen-bond donors (Lipinski definition) is 2. The second kappa shape index (κ2) is 7.67. The zero-order valence-electron chi connectivity index (χ0n) is 14.5. The number of nitrogens with one attached hydrogen (secondary N) is 2. The van der Waals surface area contributed by atoms with Crippen molar-refractivity contribution < 1.29 is 14.1 Å². The van der Waals surface area contributed by atoms with Crippen LogP contribution in [0.1, 0.15) is 21.0 Å². The number of thiocarbonyl (C=S) groups is 1. The van der Waals surface area contributed by atoms with Gasteiger partial charge >= 0.3 is 5.97 Å². The summed E-state index contributed by atoms with van der Waals surface area (Å²) in [6.07, 6.45) is 0. The van der Waals surface area contributed by atoms with Gasteiger partial charge in [-0.1, -0.05) is 35.5 Å². The molecule has 2 N–H and O–H groups in total. The van der Waals surface area contributed by atoms with Crippen molar-refractivity contribution in [1.82, 2.24) is 5.16 Å². The van der Waals surface area contributed by atoms with Crippen LogP contribution in [-0.2, 0) is 4.74 Å². The molecule has 0 aliphatic heterocycles. The fourth-order valence-electron chi connectivity index (χ4n) is 2.56. The molecule has 0 amide bonds. The van der Waals surface area contributed by atoms with Gasteiger partial charge in [0.05, 0.1) is 7.11 Å². The minimum atomic E-state index is -0.421. The molecule has 0 fully saturated rings. The molecule has 0 aliphatic rings. The summed E-state index contributed by atoms with van der Waals surface area (Å²) < 4.78 is 10.00. The lowest BCUT2D eigenvalue weighted by Gasteiger charge is -2.09. The Hall–Kier alpha value is -2.71. The van der Waals surface area contributed by atoms with Crippen LogP contribution in [0.2, 0.25) is 0 Å². The molecule has 0 saturated carbocycles. The molecule has 0 spiro atoms. The standard InChI is InChI=1S/C18H17N3O3S2/c1-10-9-13(21-24-10)19-18(25)20-16-15(17(22)23-3)14(11(2)26-16)12-7-5-4-6-8-12/h4-9H,1-3H3,(H2,19,20,21,25). The highest BCUT2D eigenvalue weighted by molar-refractivity contribution is 7.80. The normalized spacial score (nSPS) is 10.4. The summed E-state index contributed by atoms with van der Waals surface area (Å²) in [6, 6.07) is 11.4. The quantitative estimate of drug-likeness (QED) is 0.500. The van der Waals surface area contributed by atoms with E-state index in [4.69, 9.17) is 21.5 Å². The first kappa shape index (κ1) is 18.1. The average Bonchev–Trinajstić information content (AvgIpc) is 3.17. The molecule has 134 valence electrons. The van der Waals surface area contributed by atoms with Crippen LogP contribution in [0.25, 0.3) is 11.1 Å². The van der Waals surface area contributed by atoms with E-state index in [1.165, 1.54) is 18.4 Å². The summed E-state index contributed by atoms with van der Waals surface area (Å²) >= 11 is 6.77. The van der Waals surface area contributed by atoms with Gasteiger partial charge in [-0.2, -0.15) is 0 Å². The van der Waals surface area contributed by atoms with Crippen LogP contribution < -0.4 is 10.6 Å². The summed E-state index contributed by atoms with van der Waals surface area (Å²) in [5.41, 5.74) is 2.24. The van der Waals surface area contributed by atoms with Gasteiger partial charge in [0.2, 0.25) is 0 Å². The van der Waals surface area contributed by atoms with E-state index in [1.807, 2.05) is 37.3 Å². The van der Waals surface area contributed by atoms with E-state index in [2.05, 4.69) is 15.8 Å². The molecule has 2 heterocycles. The van der Waals surface area contributed by atoms with E-state index >= 15 is 0 Å². The zero-order valence-corrected chi connectivity index (χ0v) is 16.1. The SMILES string of the molecule is COC(=O)c1c(NC(=S)Nc2cc(C)on2)sc(C)c1-c1ccccc1. The van der Waals surface area contributed by atoms with Crippen LogP contribution in [0.4, 0.5) is 10.8 Å². The number of carbonyl (C=O) groups is 1. The Labute approximate surface area is 160 Å². The van der Waals surface area contributed by atoms with E-state index < -0.39 is 5.97 Å². The van der Waals surface area contributed by atoms with Crippen LogP contribution in [0.15, 0.2) is 40.9 Å². The van der Waals surface area contributed by atoms with E-state index in [1.54, 1.807) is 13.0 Å². The molecular weight excluding hydrogens is 370 g/mol. The lowest BCUT2D eigenvalue weighted by Crippen LogP contribution is -2.20. The number of aryl methyl sites for hydroxylation is 2. The van der Waals surface area contributed by atoms with Crippen LogP contribution in [0, 0.1) is 13.8 Å². The lowest BCUT2D eigenvalue weighted by molar-refractivity contribution is 0.0603. The number of ether oxygens (including phenoxy) is 1. The van der Waals surface area contributed by atoms with Crippen molar-refractivity contribution in [1.29, 1.82) is 0 Å². The third kappa shape index (κ3) is 3.76. The Bertz CT molecular complexity index is 948. The van der Waals surface area contributed by atoms with Crippen LogP contribution in [0.3, 0.4) is 0 Å². The molecule has 3 aromatic rings. The highest BCUT2D eigenvalue weighted by Crippen LogP contribution is 2.40. The molecule has 0 saturated heterocycles. The minimum Gasteiger partial charge on any atom is -0.465 e. The maximum absolute atomic E-state index is 12.4. The number of aromatic nitrogens is 1. The van der Waals surface area contributed by atoms with Gasteiger partial charge in [0.1, 0.15) is 16.3 Å². The molecule has 8 heteroatoms. The van der Waals surface area contributed by atoms with Gasteiger partial charge in [0.15, 0.2) is 10.9 Å². The summed E-state index contributed by atoms with van der Waals surface area (Å²) in [4.78, 5) is 13.4. The molecule has 0 atom stereocenters. The number of anilines is 2. The first-order chi connectivity index (χ1) is 12.5. The molecule has 2 aromatic heterocycles. The van der Waals surface area contributed by atoms with Crippen LogP contribution in [0.5, 0.6) is 0 Å². The van der Waals surface area contributed by atoms with E-state index in [9.17, 15) is 4.79 Å². The fourth-order valence-corrected chi connectivity index (χ4v) is 3.90. The van der Waals surface area contributed by atoms with Crippen molar-refractivity contribution in [3.63, 3.8) is 0 Å². The Balaban J connectivity index is 1.94. The predicted octanol–water partition coefficient (Wildman–Crippen LogP) is 4.62. The van der Waals surface area contributed by atoms with Crippen LogP contribution >= 0.6 is 23.6 Å². The van der Waals surface area contributed by atoms with Crippen molar-refractivity contribution >= 4 is 45.5 Å². The topological polar surface area (TPSA) is 76.4 Å². The number of thiophene rings is 1. The lowest BCUT2D eigenvalue weighted by atomic mass is 10.0. The highest BCUT2D eigenvalue weighted by atomic mass is 32.1. The second-order valence-corrected chi connectivity index (χ2v) is 7.13. The molecule has 0 bridgehead atoms. The largest absolute Gasteiger partial charge is 0.465 e. The molecule has 1 aromatic carbocycles. The molecule has 3 rings (SSSR count). The summed E-state index contributed by atoms with van der Waals surface area (Å²) in [5, 5.41) is 10.8. The predicted molar refractivity (Wildman–Crippen MR) is 107 cm³/mol. The van der Waals surface area contributed by atoms with E-state index in [0.29, 0.717) is 27.3 Å². The summed E-state index contributed by atoms with van der Waals surface area (Å²) in [5.74, 6) is 0.746. The number of nitrogens with zero attached hydrogens (tertiary/aromatic N) is 1. The zero-order chi connectivity index (χ0) is 18.7. The number of benzene rings is 1. The summed E-state index contributed by atoms with van der Waals surface area (Å²) in [7, 11) is 1.36. The van der Waals surface area contributed by atoms with Gasteiger partial charge in [0.25, 0.3) is 0 Å². The first-order valence-electron chi connectivity index (χ1n) is 7.78. The van der Waals surface area contributed by atoms with Crippen LogP contribution in [-0.4, -0.2) is 23.3 Å². The summed E-state index contributed by atoms with van der Waals surface area (Å²) in [6.45, 7) is 3.75. The minimum absolute atomic E-state index is 0.310. The monoisotopic (exact) mass is 387 g/mol. The number of rotatable bonds is 4. The third-order valence-corrected chi connectivity index (χ3v) is 4.86. The second-order valence-electron chi connectivity index (χ2n) is 5.50. The van der Waals surface area contributed by atoms with Crippen molar-refractivity contribution in [3.05, 3.63) is 52.6 Å². The van der Waals surface area contributed by atoms with Crippen molar-refractivity contribution in [3.8, 4) is 11.1 Å². The van der Waals surface area contributed by atoms with Gasteiger partial charge in [0, 0.05) is 16.5 Å². The van der Waals surface area contributed by atoms with E-state index in [0.717, 1.165) is 16.0 Å². The molecule has 0 aliphatic carbocycles. The number of carbonyl (C=O) groups excluding carboxylic acids is 1. The molecule has 6 nitrogen and oxygen atoms in total. The van der Waals surface area contributed by atoms with Gasteiger partial charge in [-0.05, 0) is 31.6 Å². The average molecular weight is 387 g/mol. The smallest absolute Gasteiger partial charge is 0.341 e. The van der Waals surface area contributed by atoms with Gasteiger partial charge in [-0.25, -0.2) is 4.79 Å². The van der Waals surface area contributed by atoms with Crippen molar-refractivity contribution in [2.45, 2.75) is 13.8 Å². The highest BCUT2D eigenvalue weighted by Gasteiger charge is 2.24. The van der Waals surface area contributed by atoms with Gasteiger partial charge < -0.3 is 19.9 Å². The Morgan fingerprint density at radius 3 is 2.58 bits per heavy atom. The molecular formula is C18H17N3O3S2. The Morgan fingerprint density at radius 2 is 1.96 bits per heavy atom. The molecule has 0 unspecified atom stereocenters. The third-order valence-electron chi connectivity index (χ3n) is 3.63. The fraction of sp³-hybridized carbons (Fsp3) is 0.167. The Kier molecular flexibility index (Phi) is 5.34. The van der Waals surface area contributed by atoms with E-state index in [-0.39, 0.29) is 0 Å². The van der Waals surface area contributed by atoms with Gasteiger partial charge in [-0.3, -0.25) is 0 Å². The van der Waals surface area contributed by atoms with Crippen molar-refractivity contribution in [2.24, 2.45) is 0 Å². The number of esters is 1. The Morgan fingerprint density at radius 1 is 1.23 bits per heavy atom. The maximum atomic E-state index is 12.4. The maximum Gasteiger partial charge on any atom is 0.341 e. The number of methoxy groups -OCH3 is 1. The van der Waals surface area contributed by atoms with Gasteiger partial charge in [-0.15, -0.1) is 11.3 Å². The molecule has 26 heavy (non-hydrogen) atoms.